The molecule has 0 spiro atoms. The van der Waals surface area contributed by atoms with Crippen LogP contribution in [0.15, 0.2) is 24.3 Å². The zero-order valence-corrected chi connectivity index (χ0v) is 12.1. The first-order valence-corrected chi connectivity index (χ1v) is 6.71. The third-order valence-electron chi connectivity index (χ3n) is 2.52. The van der Waals surface area contributed by atoms with Gasteiger partial charge in [-0.15, -0.1) is 0 Å². The van der Waals surface area contributed by atoms with Crippen molar-refractivity contribution in [3.63, 3.8) is 0 Å². The van der Waals surface area contributed by atoms with Gasteiger partial charge in [0, 0.05) is 18.0 Å². The molecule has 1 amide bonds. The molecule has 1 aromatic rings. The predicted octanol–water partition coefficient (Wildman–Crippen LogP) is 2.18. The SMILES string of the molecule is COC(=O)CCCNC(=O)CCOc1ccc(Cl)cc1. The van der Waals surface area contributed by atoms with Crippen molar-refractivity contribution >= 4 is 23.5 Å². The summed E-state index contributed by atoms with van der Waals surface area (Å²) in [4.78, 5) is 22.3. The zero-order chi connectivity index (χ0) is 14.8. The minimum absolute atomic E-state index is 0.108. The predicted molar refractivity (Wildman–Crippen MR) is 75.8 cm³/mol. The highest BCUT2D eigenvalue weighted by molar-refractivity contribution is 6.30. The van der Waals surface area contributed by atoms with E-state index in [0.717, 1.165) is 0 Å². The van der Waals surface area contributed by atoms with Gasteiger partial charge in [0.25, 0.3) is 0 Å². The Balaban J connectivity index is 2.08. The number of amides is 1. The maximum Gasteiger partial charge on any atom is 0.305 e. The Labute approximate surface area is 123 Å². The highest BCUT2D eigenvalue weighted by Crippen LogP contribution is 2.15. The number of methoxy groups -OCH3 is 1. The lowest BCUT2D eigenvalue weighted by molar-refractivity contribution is -0.140. The van der Waals surface area contributed by atoms with Crippen molar-refractivity contribution in [1.82, 2.24) is 5.32 Å². The zero-order valence-electron chi connectivity index (χ0n) is 11.4. The number of benzene rings is 1. The molecule has 5 nitrogen and oxygen atoms in total. The van der Waals surface area contributed by atoms with Crippen molar-refractivity contribution in [2.24, 2.45) is 0 Å². The molecule has 0 saturated heterocycles. The highest BCUT2D eigenvalue weighted by atomic mass is 35.5. The van der Waals surface area contributed by atoms with E-state index in [4.69, 9.17) is 16.3 Å². The Morgan fingerprint density at radius 1 is 1.20 bits per heavy atom. The Kier molecular flexibility index (Phi) is 7.50. The summed E-state index contributed by atoms with van der Waals surface area (Å²) in [5.74, 6) is 0.294. The highest BCUT2D eigenvalue weighted by Gasteiger charge is 2.03. The topological polar surface area (TPSA) is 64.6 Å². The van der Waals surface area contributed by atoms with Gasteiger partial charge >= 0.3 is 5.97 Å². The Hall–Kier alpha value is -1.75. The molecule has 0 aliphatic rings. The van der Waals surface area contributed by atoms with E-state index < -0.39 is 0 Å². The van der Waals surface area contributed by atoms with Gasteiger partial charge in [-0.2, -0.15) is 0 Å². The normalized spacial score (nSPS) is 9.90. The molecule has 20 heavy (non-hydrogen) atoms. The van der Waals surface area contributed by atoms with Crippen molar-refractivity contribution in [2.45, 2.75) is 19.3 Å². The van der Waals surface area contributed by atoms with Crippen LogP contribution in [0.5, 0.6) is 5.75 Å². The van der Waals surface area contributed by atoms with E-state index in [1.54, 1.807) is 24.3 Å². The second kappa shape index (κ2) is 9.20. The molecule has 0 radical (unpaired) electrons. The van der Waals surface area contributed by atoms with E-state index in [2.05, 4.69) is 10.1 Å². The summed E-state index contributed by atoms with van der Waals surface area (Å²) < 4.78 is 9.90. The number of hydrogen-bond donors (Lipinski definition) is 1. The van der Waals surface area contributed by atoms with Gasteiger partial charge in [-0.25, -0.2) is 0 Å². The number of carbonyl (C=O) groups excluding carboxylic acids is 2. The molecule has 0 aromatic heterocycles. The summed E-state index contributed by atoms with van der Waals surface area (Å²) in [7, 11) is 1.34. The number of rotatable bonds is 8. The number of ether oxygens (including phenoxy) is 2. The van der Waals surface area contributed by atoms with Gasteiger partial charge < -0.3 is 14.8 Å². The van der Waals surface area contributed by atoms with Crippen LogP contribution in [0.3, 0.4) is 0 Å². The lowest BCUT2D eigenvalue weighted by Gasteiger charge is -2.07. The van der Waals surface area contributed by atoms with Crippen molar-refractivity contribution in [3.05, 3.63) is 29.3 Å². The van der Waals surface area contributed by atoms with E-state index >= 15 is 0 Å². The summed E-state index contributed by atoms with van der Waals surface area (Å²) in [5.41, 5.74) is 0. The van der Waals surface area contributed by atoms with Crippen LogP contribution in [0, 0.1) is 0 Å². The number of esters is 1. The minimum Gasteiger partial charge on any atom is -0.493 e. The Bertz CT molecular complexity index is 433. The number of carbonyl (C=O) groups is 2. The molecule has 0 aliphatic carbocycles. The van der Waals surface area contributed by atoms with Crippen LogP contribution in [-0.2, 0) is 14.3 Å². The molecule has 110 valence electrons. The molecule has 0 bridgehead atoms. The van der Waals surface area contributed by atoms with Crippen molar-refractivity contribution in [2.75, 3.05) is 20.3 Å². The maximum atomic E-state index is 11.5. The molecule has 1 rings (SSSR count). The summed E-state index contributed by atoms with van der Waals surface area (Å²) in [6.45, 7) is 0.749. The van der Waals surface area contributed by atoms with Crippen LogP contribution in [-0.4, -0.2) is 32.1 Å². The van der Waals surface area contributed by atoms with E-state index in [1.165, 1.54) is 7.11 Å². The molecular formula is C14H18ClNO4. The van der Waals surface area contributed by atoms with E-state index in [9.17, 15) is 9.59 Å². The molecule has 1 aromatic carbocycles. The molecule has 0 atom stereocenters. The lowest BCUT2D eigenvalue weighted by atomic mass is 10.3. The van der Waals surface area contributed by atoms with E-state index in [0.29, 0.717) is 36.8 Å². The van der Waals surface area contributed by atoms with Crippen LogP contribution in [0.2, 0.25) is 5.02 Å². The molecule has 0 fully saturated rings. The van der Waals surface area contributed by atoms with Crippen molar-refractivity contribution in [3.8, 4) is 5.75 Å². The van der Waals surface area contributed by atoms with Gasteiger partial charge in [-0.05, 0) is 30.7 Å². The average Bonchev–Trinajstić information content (AvgIpc) is 2.45. The van der Waals surface area contributed by atoms with Crippen molar-refractivity contribution < 1.29 is 19.1 Å². The molecule has 0 unspecified atom stereocenters. The summed E-state index contributed by atoms with van der Waals surface area (Å²) >= 11 is 5.75. The monoisotopic (exact) mass is 299 g/mol. The molecule has 1 N–H and O–H groups in total. The Morgan fingerprint density at radius 3 is 2.55 bits per heavy atom. The molecule has 0 saturated carbocycles. The van der Waals surface area contributed by atoms with Crippen LogP contribution < -0.4 is 10.1 Å². The van der Waals surface area contributed by atoms with Gasteiger partial charge in [-0.3, -0.25) is 9.59 Å². The van der Waals surface area contributed by atoms with Crippen molar-refractivity contribution in [1.29, 1.82) is 0 Å². The first kappa shape index (κ1) is 16.3. The van der Waals surface area contributed by atoms with Gasteiger partial charge in [-0.1, -0.05) is 11.6 Å². The molecule has 0 heterocycles. The molecule has 0 aliphatic heterocycles. The minimum atomic E-state index is -0.273. The smallest absolute Gasteiger partial charge is 0.305 e. The van der Waals surface area contributed by atoms with Gasteiger partial charge in [0.15, 0.2) is 0 Å². The second-order valence-electron chi connectivity index (χ2n) is 4.08. The fourth-order valence-corrected chi connectivity index (χ4v) is 1.57. The van der Waals surface area contributed by atoms with Gasteiger partial charge in [0.05, 0.1) is 20.1 Å². The van der Waals surface area contributed by atoms with E-state index in [-0.39, 0.29) is 18.3 Å². The molecular weight excluding hydrogens is 282 g/mol. The lowest BCUT2D eigenvalue weighted by Crippen LogP contribution is -2.26. The van der Waals surface area contributed by atoms with Gasteiger partial charge in [0.1, 0.15) is 5.75 Å². The standard InChI is InChI=1S/C14H18ClNO4/c1-19-14(18)3-2-9-16-13(17)8-10-20-12-6-4-11(15)5-7-12/h4-7H,2-3,8-10H2,1H3,(H,16,17). The van der Waals surface area contributed by atoms with Gasteiger partial charge in [0.2, 0.25) is 5.91 Å². The first-order valence-electron chi connectivity index (χ1n) is 6.33. The van der Waals surface area contributed by atoms with Crippen LogP contribution >= 0.6 is 11.6 Å². The fraction of sp³-hybridized carbons (Fsp3) is 0.429. The number of nitrogens with one attached hydrogen (secondary N) is 1. The second-order valence-corrected chi connectivity index (χ2v) is 4.52. The fourth-order valence-electron chi connectivity index (χ4n) is 1.44. The Morgan fingerprint density at radius 2 is 1.90 bits per heavy atom. The molecule has 6 heteroatoms. The van der Waals surface area contributed by atoms with Crippen LogP contribution in [0.1, 0.15) is 19.3 Å². The summed E-state index contributed by atoms with van der Waals surface area (Å²) in [5, 5.41) is 3.35. The van der Waals surface area contributed by atoms with E-state index in [1.807, 2.05) is 0 Å². The maximum absolute atomic E-state index is 11.5. The number of halogens is 1. The third-order valence-corrected chi connectivity index (χ3v) is 2.77. The van der Waals surface area contributed by atoms with Crippen LogP contribution in [0.4, 0.5) is 0 Å². The average molecular weight is 300 g/mol. The number of hydrogen-bond acceptors (Lipinski definition) is 4. The quantitative estimate of drug-likeness (QED) is 0.590. The third kappa shape index (κ3) is 6.99. The largest absolute Gasteiger partial charge is 0.493 e. The summed E-state index contributed by atoms with van der Waals surface area (Å²) in [6.07, 6.45) is 1.13. The summed E-state index contributed by atoms with van der Waals surface area (Å²) in [6, 6.07) is 6.95. The van der Waals surface area contributed by atoms with Crippen LogP contribution in [0.25, 0.3) is 0 Å². The first-order chi connectivity index (χ1) is 9.61.